The van der Waals surface area contributed by atoms with Crippen LogP contribution in [0.2, 0.25) is 0 Å². The van der Waals surface area contributed by atoms with E-state index in [2.05, 4.69) is 157 Å². The second-order valence-electron chi connectivity index (χ2n) is 10.9. The lowest BCUT2D eigenvalue weighted by atomic mass is 9.96. The van der Waals surface area contributed by atoms with Crippen molar-refractivity contribution in [1.82, 2.24) is 0 Å². The van der Waals surface area contributed by atoms with Crippen LogP contribution in [0.4, 0.5) is 17.1 Å². The van der Waals surface area contributed by atoms with Crippen LogP contribution in [-0.4, -0.2) is 0 Å². The third kappa shape index (κ3) is 3.86. The van der Waals surface area contributed by atoms with Gasteiger partial charge in [-0.05, 0) is 64.9 Å². The summed E-state index contributed by atoms with van der Waals surface area (Å²) in [7, 11) is 0. The van der Waals surface area contributed by atoms with Crippen LogP contribution in [0.5, 0.6) is 0 Å². The topological polar surface area (TPSA) is 16.4 Å². The average molecular weight is 568 g/mol. The van der Waals surface area contributed by atoms with Crippen LogP contribution >= 0.6 is 11.3 Å². The fourth-order valence-electron chi connectivity index (χ4n) is 6.46. The molecule has 0 aliphatic rings. The molecule has 0 saturated carbocycles. The molecule has 202 valence electrons. The molecule has 9 rings (SSSR count). The highest BCUT2D eigenvalue weighted by Crippen LogP contribution is 2.44. The first-order valence-corrected chi connectivity index (χ1v) is 15.3. The van der Waals surface area contributed by atoms with E-state index in [-0.39, 0.29) is 0 Å². The summed E-state index contributed by atoms with van der Waals surface area (Å²) in [5, 5.41) is 7.31. The second kappa shape index (κ2) is 9.59. The van der Waals surface area contributed by atoms with Gasteiger partial charge in [-0.2, -0.15) is 0 Å². The maximum Gasteiger partial charge on any atom is 0.143 e. The van der Waals surface area contributed by atoms with E-state index >= 15 is 0 Å². The highest BCUT2D eigenvalue weighted by molar-refractivity contribution is 7.25. The first-order chi connectivity index (χ1) is 21.3. The monoisotopic (exact) mass is 567 g/mol. The molecule has 43 heavy (non-hydrogen) atoms. The Balaban J connectivity index is 1.28. The van der Waals surface area contributed by atoms with Gasteiger partial charge in [0.15, 0.2) is 0 Å². The van der Waals surface area contributed by atoms with Crippen LogP contribution in [-0.2, 0) is 0 Å². The van der Waals surface area contributed by atoms with Crippen molar-refractivity contribution < 1.29 is 4.42 Å². The molecule has 0 unspecified atom stereocenters. The van der Waals surface area contributed by atoms with E-state index in [9.17, 15) is 0 Å². The smallest absolute Gasteiger partial charge is 0.143 e. The Hall–Kier alpha value is -5.38. The average Bonchev–Trinajstić information content (AvgIpc) is 3.64. The largest absolute Gasteiger partial charge is 0.455 e. The van der Waals surface area contributed by atoms with Crippen LogP contribution in [0.3, 0.4) is 0 Å². The predicted octanol–water partition coefficient (Wildman–Crippen LogP) is 12.2. The summed E-state index contributed by atoms with van der Waals surface area (Å²) in [6.07, 6.45) is 0. The number of thiophene rings is 1. The molecule has 0 aliphatic carbocycles. The molecule has 2 heterocycles. The van der Waals surface area contributed by atoms with Crippen molar-refractivity contribution in [3.8, 4) is 11.1 Å². The van der Waals surface area contributed by atoms with Crippen LogP contribution in [0, 0.1) is 0 Å². The Kier molecular flexibility index (Phi) is 5.40. The Morgan fingerprint density at radius 2 is 1.12 bits per heavy atom. The van der Waals surface area contributed by atoms with E-state index in [1.807, 2.05) is 11.3 Å². The molecule has 0 radical (unpaired) electrons. The lowest BCUT2D eigenvalue weighted by molar-refractivity contribution is 0.670. The van der Waals surface area contributed by atoms with Crippen LogP contribution in [0.1, 0.15) is 0 Å². The third-order valence-corrected chi connectivity index (χ3v) is 9.56. The molecular weight excluding hydrogens is 543 g/mol. The lowest BCUT2D eigenvalue weighted by Gasteiger charge is -2.25. The molecule has 0 aliphatic heterocycles. The molecule has 2 nitrogen and oxygen atoms in total. The molecule has 9 aromatic rings. The third-order valence-electron chi connectivity index (χ3n) is 8.43. The van der Waals surface area contributed by atoms with Gasteiger partial charge in [0.05, 0.1) is 0 Å². The molecule has 0 atom stereocenters. The van der Waals surface area contributed by atoms with Crippen molar-refractivity contribution in [2.45, 2.75) is 0 Å². The minimum absolute atomic E-state index is 0.880. The molecule has 2 aromatic heterocycles. The maximum atomic E-state index is 6.79. The lowest BCUT2D eigenvalue weighted by Crippen LogP contribution is -2.09. The molecule has 0 fully saturated rings. The van der Waals surface area contributed by atoms with Gasteiger partial charge in [-0.15, -0.1) is 11.3 Å². The Bertz CT molecular complexity index is 2460. The molecule has 0 spiro atoms. The minimum Gasteiger partial charge on any atom is -0.455 e. The second-order valence-corrected chi connectivity index (χ2v) is 12.0. The van der Waals surface area contributed by atoms with Gasteiger partial charge in [-0.3, -0.25) is 0 Å². The van der Waals surface area contributed by atoms with Crippen molar-refractivity contribution in [2.75, 3.05) is 4.90 Å². The van der Waals surface area contributed by atoms with Crippen molar-refractivity contribution in [3.05, 3.63) is 152 Å². The Morgan fingerprint density at radius 3 is 1.95 bits per heavy atom. The van der Waals surface area contributed by atoms with Gasteiger partial charge in [-0.25, -0.2) is 0 Å². The quantitative estimate of drug-likeness (QED) is 0.210. The van der Waals surface area contributed by atoms with E-state index in [1.165, 1.54) is 30.9 Å². The summed E-state index contributed by atoms with van der Waals surface area (Å²) < 4.78 is 9.39. The Morgan fingerprint density at radius 1 is 0.465 bits per heavy atom. The van der Waals surface area contributed by atoms with E-state index < -0.39 is 0 Å². The number of hydrogen-bond donors (Lipinski definition) is 0. The summed E-state index contributed by atoms with van der Waals surface area (Å²) >= 11 is 1.84. The minimum atomic E-state index is 0.880. The molecule has 7 aromatic carbocycles. The number of hydrogen-bond acceptors (Lipinski definition) is 3. The summed E-state index contributed by atoms with van der Waals surface area (Å²) in [4.78, 5) is 2.33. The number of para-hydroxylation sites is 1. The van der Waals surface area contributed by atoms with Crippen molar-refractivity contribution in [2.24, 2.45) is 0 Å². The standard InChI is InChI=1S/C40H25NOS/c1-3-11-26(12-4-1)35-23-27-13-7-8-16-31(27)39-34-22-20-29(24-36(34)42-40(35)39)41(28-14-5-2-6-15-28)30-19-21-33-32-17-9-10-18-37(32)43-38(33)25-30/h1-25H. The zero-order chi connectivity index (χ0) is 28.3. The zero-order valence-electron chi connectivity index (χ0n) is 23.2. The molecule has 0 saturated heterocycles. The Labute approximate surface area is 252 Å². The first kappa shape index (κ1) is 24.2. The SMILES string of the molecule is c1ccc(-c2cc3ccccc3c3c2oc2cc(N(c4ccccc4)c4ccc5c(c4)sc4ccccc45)ccc23)cc1. The fourth-order valence-corrected chi connectivity index (χ4v) is 7.60. The first-order valence-electron chi connectivity index (χ1n) is 14.5. The highest BCUT2D eigenvalue weighted by atomic mass is 32.1. The molecule has 0 bridgehead atoms. The molecule has 0 N–H and O–H groups in total. The van der Waals surface area contributed by atoms with Gasteiger partial charge >= 0.3 is 0 Å². The predicted molar refractivity (Wildman–Crippen MR) is 184 cm³/mol. The summed E-state index contributed by atoms with van der Waals surface area (Å²) in [6.45, 7) is 0. The zero-order valence-corrected chi connectivity index (χ0v) is 24.0. The van der Waals surface area contributed by atoms with E-state index in [1.54, 1.807) is 0 Å². The number of rotatable bonds is 4. The van der Waals surface area contributed by atoms with E-state index in [4.69, 9.17) is 4.42 Å². The normalized spacial score (nSPS) is 11.7. The summed E-state index contributed by atoms with van der Waals surface area (Å²) in [5.74, 6) is 0. The number of furan rings is 1. The number of anilines is 3. The number of fused-ring (bicyclic) bond motifs is 8. The van der Waals surface area contributed by atoms with Gasteiger partial charge < -0.3 is 9.32 Å². The van der Waals surface area contributed by atoms with E-state index in [0.29, 0.717) is 0 Å². The van der Waals surface area contributed by atoms with Crippen LogP contribution in [0.15, 0.2) is 156 Å². The van der Waals surface area contributed by atoms with Crippen molar-refractivity contribution in [1.29, 1.82) is 0 Å². The van der Waals surface area contributed by atoms with E-state index in [0.717, 1.165) is 50.1 Å². The fraction of sp³-hybridized carbons (Fsp3) is 0. The summed E-state index contributed by atoms with van der Waals surface area (Å²) in [6, 6.07) is 54.1. The molecule has 0 amide bonds. The van der Waals surface area contributed by atoms with Gasteiger partial charge in [0, 0.05) is 59.6 Å². The molecular formula is C40H25NOS. The maximum absolute atomic E-state index is 6.79. The van der Waals surface area contributed by atoms with Crippen LogP contribution in [0.25, 0.3) is 64.0 Å². The van der Waals surface area contributed by atoms with Gasteiger partial charge in [0.2, 0.25) is 0 Å². The highest BCUT2D eigenvalue weighted by Gasteiger charge is 2.19. The van der Waals surface area contributed by atoms with Gasteiger partial charge in [0.1, 0.15) is 11.2 Å². The summed E-state index contributed by atoms with van der Waals surface area (Å²) in [5.41, 5.74) is 7.36. The van der Waals surface area contributed by atoms with Gasteiger partial charge in [-0.1, -0.05) is 97.1 Å². The van der Waals surface area contributed by atoms with Crippen molar-refractivity contribution >= 4 is 81.3 Å². The van der Waals surface area contributed by atoms with Gasteiger partial charge in [0.25, 0.3) is 0 Å². The number of benzene rings is 7. The van der Waals surface area contributed by atoms with Crippen LogP contribution < -0.4 is 4.90 Å². The van der Waals surface area contributed by atoms with Crippen molar-refractivity contribution in [3.63, 3.8) is 0 Å². The number of nitrogens with zero attached hydrogens (tertiary/aromatic N) is 1. The molecule has 3 heteroatoms.